The van der Waals surface area contributed by atoms with Gasteiger partial charge >= 0.3 is 0 Å². The van der Waals surface area contributed by atoms with Crippen LogP contribution in [0.3, 0.4) is 0 Å². The first-order chi connectivity index (χ1) is 10.2. The summed E-state index contributed by atoms with van der Waals surface area (Å²) in [6.45, 7) is 2.45. The van der Waals surface area contributed by atoms with Gasteiger partial charge in [0.1, 0.15) is 5.75 Å². The molecule has 0 saturated heterocycles. The molecule has 0 heterocycles. The first kappa shape index (κ1) is 15.3. The summed E-state index contributed by atoms with van der Waals surface area (Å²) in [4.78, 5) is 12.9. The summed E-state index contributed by atoms with van der Waals surface area (Å²) in [7, 11) is 0. The topological polar surface area (TPSA) is 64.4 Å². The van der Waals surface area contributed by atoms with E-state index in [0.29, 0.717) is 23.5 Å². The Labute approximate surface area is 128 Å². The normalized spacial score (nSPS) is 10.2. The van der Waals surface area contributed by atoms with E-state index in [1.807, 2.05) is 37.4 Å². The van der Waals surface area contributed by atoms with E-state index in [4.69, 9.17) is 10.5 Å². The molecule has 21 heavy (non-hydrogen) atoms. The second kappa shape index (κ2) is 7.04. The molecule has 110 valence electrons. The molecule has 0 aromatic heterocycles. The van der Waals surface area contributed by atoms with E-state index < -0.39 is 0 Å². The van der Waals surface area contributed by atoms with Gasteiger partial charge in [-0.05, 0) is 43.5 Å². The van der Waals surface area contributed by atoms with Gasteiger partial charge in [0.05, 0.1) is 5.69 Å². The molecule has 0 bridgehead atoms. The van der Waals surface area contributed by atoms with Crippen LogP contribution >= 0.6 is 11.8 Å². The van der Waals surface area contributed by atoms with E-state index in [-0.39, 0.29) is 5.91 Å². The van der Waals surface area contributed by atoms with Crippen molar-refractivity contribution in [2.24, 2.45) is 0 Å². The number of rotatable bonds is 5. The molecular weight excluding hydrogens is 284 g/mol. The molecule has 0 radical (unpaired) electrons. The zero-order valence-electron chi connectivity index (χ0n) is 12.1. The lowest BCUT2D eigenvalue weighted by Crippen LogP contribution is -2.22. The van der Waals surface area contributed by atoms with Crippen LogP contribution in [-0.4, -0.2) is 18.7 Å². The number of anilines is 1. The van der Waals surface area contributed by atoms with Crippen molar-refractivity contribution in [1.29, 1.82) is 0 Å². The highest BCUT2D eigenvalue weighted by Gasteiger charge is 2.10. The highest BCUT2D eigenvalue weighted by Crippen LogP contribution is 2.34. The highest BCUT2D eigenvalue weighted by molar-refractivity contribution is 7.98. The number of amides is 1. The summed E-state index contributed by atoms with van der Waals surface area (Å²) in [5.41, 5.74) is 6.97. The van der Waals surface area contributed by atoms with Crippen LogP contribution in [0.5, 0.6) is 11.5 Å². The molecule has 0 saturated carbocycles. The van der Waals surface area contributed by atoms with Crippen LogP contribution in [-0.2, 0) is 0 Å². The van der Waals surface area contributed by atoms with Crippen LogP contribution < -0.4 is 15.8 Å². The lowest BCUT2D eigenvalue weighted by Gasteiger charge is -2.12. The fourth-order valence-electron chi connectivity index (χ4n) is 1.85. The molecule has 4 nitrogen and oxygen atoms in total. The highest BCUT2D eigenvalue weighted by atomic mass is 32.2. The largest absolute Gasteiger partial charge is 0.454 e. The number of nitrogen functional groups attached to an aromatic ring is 1. The van der Waals surface area contributed by atoms with Gasteiger partial charge in [0, 0.05) is 17.0 Å². The fourth-order valence-corrected chi connectivity index (χ4v) is 2.37. The molecule has 0 spiro atoms. The van der Waals surface area contributed by atoms with E-state index in [1.165, 1.54) is 0 Å². The van der Waals surface area contributed by atoms with Crippen molar-refractivity contribution >= 4 is 23.4 Å². The molecule has 1 amide bonds. The van der Waals surface area contributed by atoms with Gasteiger partial charge in [0.25, 0.3) is 5.91 Å². The average molecular weight is 302 g/mol. The molecule has 2 aromatic rings. The molecular formula is C16H18N2O2S. The summed E-state index contributed by atoms with van der Waals surface area (Å²) >= 11 is 1.59. The van der Waals surface area contributed by atoms with Crippen LogP contribution in [0.2, 0.25) is 0 Å². The van der Waals surface area contributed by atoms with Crippen LogP contribution in [0.25, 0.3) is 0 Å². The lowest BCUT2D eigenvalue weighted by atomic mass is 10.1. The predicted molar refractivity (Wildman–Crippen MR) is 87.2 cm³/mol. The maximum Gasteiger partial charge on any atom is 0.251 e. The molecule has 2 aromatic carbocycles. The summed E-state index contributed by atoms with van der Waals surface area (Å²) in [5.74, 6) is 1.07. The zero-order valence-corrected chi connectivity index (χ0v) is 12.9. The standard InChI is InChI=1S/C16H18N2O2S/c1-3-18-16(19)11-8-9-12(17)14(10-11)20-13-6-4-5-7-15(13)21-2/h4-10H,3,17H2,1-2H3,(H,18,19). The Kier molecular flexibility index (Phi) is 5.11. The van der Waals surface area contributed by atoms with E-state index in [2.05, 4.69) is 5.32 Å². The van der Waals surface area contributed by atoms with Crippen LogP contribution in [0, 0.1) is 0 Å². The van der Waals surface area contributed by atoms with E-state index in [9.17, 15) is 4.79 Å². The molecule has 3 N–H and O–H groups in total. The molecule has 0 unspecified atom stereocenters. The zero-order chi connectivity index (χ0) is 15.2. The Hall–Kier alpha value is -2.14. The van der Waals surface area contributed by atoms with E-state index >= 15 is 0 Å². The second-order valence-corrected chi connectivity index (χ2v) is 5.21. The van der Waals surface area contributed by atoms with Gasteiger partial charge in [-0.2, -0.15) is 0 Å². The maximum absolute atomic E-state index is 11.9. The first-order valence-corrected chi connectivity index (χ1v) is 7.86. The number of carbonyl (C=O) groups is 1. The molecule has 0 atom stereocenters. The van der Waals surface area contributed by atoms with Crippen molar-refractivity contribution < 1.29 is 9.53 Å². The minimum Gasteiger partial charge on any atom is -0.454 e. The number of para-hydroxylation sites is 1. The van der Waals surface area contributed by atoms with Crippen molar-refractivity contribution in [3.8, 4) is 11.5 Å². The van der Waals surface area contributed by atoms with Gasteiger partial charge in [-0.25, -0.2) is 0 Å². The van der Waals surface area contributed by atoms with Crippen LogP contribution in [0.4, 0.5) is 5.69 Å². The maximum atomic E-state index is 11.9. The summed E-state index contributed by atoms with van der Waals surface area (Å²) in [5, 5.41) is 2.76. The SMILES string of the molecule is CCNC(=O)c1ccc(N)c(Oc2ccccc2SC)c1. The third-order valence-corrected chi connectivity index (χ3v) is 3.68. The number of hydrogen-bond acceptors (Lipinski definition) is 4. The van der Waals surface area contributed by atoms with Gasteiger partial charge in [0.15, 0.2) is 5.75 Å². The van der Waals surface area contributed by atoms with Gasteiger partial charge in [0.2, 0.25) is 0 Å². The minimum atomic E-state index is -0.138. The number of hydrogen-bond donors (Lipinski definition) is 2. The average Bonchev–Trinajstić information content (AvgIpc) is 2.50. The van der Waals surface area contributed by atoms with Gasteiger partial charge in [-0.3, -0.25) is 4.79 Å². The number of nitrogens with one attached hydrogen (secondary N) is 1. The Morgan fingerprint density at radius 1 is 1.24 bits per heavy atom. The summed E-state index contributed by atoms with van der Waals surface area (Å²) in [6, 6.07) is 12.7. The van der Waals surface area contributed by atoms with Crippen LogP contribution in [0.1, 0.15) is 17.3 Å². The van der Waals surface area contributed by atoms with E-state index in [1.54, 1.807) is 30.0 Å². The smallest absolute Gasteiger partial charge is 0.251 e. The van der Waals surface area contributed by atoms with Gasteiger partial charge in [-0.1, -0.05) is 12.1 Å². The Morgan fingerprint density at radius 2 is 2.00 bits per heavy atom. The van der Waals surface area contributed by atoms with Gasteiger partial charge in [-0.15, -0.1) is 11.8 Å². The molecule has 0 aliphatic rings. The molecule has 0 aliphatic heterocycles. The number of ether oxygens (including phenoxy) is 1. The third-order valence-electron chi connectivity index (χ3n) is 2.90. The Bertz CT molecular complexity index is 644. The number of benzene rings is 2. The quantitative estimate of drug-likeness (QED) is 0.655. The Morgan fingerprint density at radius 3 is 2.71 bits per heavy atom. The molecule has 2 rings (SSSR count). The van der Waals surface area contributed by atoms with Crippen molar-refractivity contribution in [3.63, 3.8) is 0 Å². The van der Waals surface area contributed by atoms with Crippen molar-refractivity contribution in [2.75, 3.05) is 18.5 Å². The predicted octanol–water partition coefficient (Wildman–Crippen LogP) is 3.53. The minimum absolute atomic E-state index is 0.138. The van der Waals surface area contributed by atoms with E-state index in [0.717, 1.165) is 10.6 Å². The third kappa shape index (κ3) is 3.70. The molecule has 0 fully saturated rings. The summed E-state index contributed by atoms with van der Waals surface area (Å²) in [6.07, 6.45) is 1.98. The fraction of sp³-hybridized carbons (Fsp3) is 0.188. The number of nitrogens with two attached hydrogens (primary N) is 1. The molecule has 0 aliphatic carbocycles. The van der Waals surface area contributed by atoms with Gasteiger partial charge < -0.3 is 15.8 Å². The Balaban J connectivity index is 2.31. The van der Waals surface area contributed by atoms with Crippen molar-refractivity contribution in [2.45, 2.75) is 11.8 Å². The van der Waals surface area contributed by atoms with Crippen LogP contribution in [0.15, 0.2) is 47.4 Å². The number of thioether (sulfide) groups is 1. The monoisotopic (exact) mass is 302 g/mol. The van der Waals surface area contributed by atoms with Crippen molar-refractivity contribution in [3.05, 3.63) is 48.0 Å². The first-order valence-electron chi connectivity index (χ1n) is 6.64. The molecule has 5 heteroatoms. The number of carbonyl (C=O) groups excluding carboxylic acids is 1. The summed E-state index contributed by atoms with van der Waals surface area (Å²) < 4.78 is 5.87. The van der Waals surface area contributed by atoms with Crippen molar-refractivity contribution in [1.82, 2.24) is 5.32 Å². The lowest BCUT2D eigenvalue weighted by molar-refractivity contribution is 0.0955. The second-order valence-electron chi connectivity index (χ2n) is 4.36.